The van der Waals surface area contributed by atoms with E-state index < -0.39 is 11.7 Å². The monoisotopic (exact) mass is 247 g/mol. The van der Waals surface area contributed by atoms with Crippen molar-refractivity contribution < 1.29 is 11.7 Å². The molecule has 1 rings (SSSR count). The third-order valence-corrected chi connectivity index (χ3v) is 21.9. The Hall–Kier alpha value is 0.154. The number of hydrogen-bond donors (Lipinski definition) is 0. The maximum absolute atomic E-state index is 4.11. The Bertz CT molecular complexity index is 403. The van der Waals surface area contributed by atoms with Crippen LogP contribution in [0.15, 0.2) is 22.1 Å². The van der Waals surface area contributed by atoms with Crippen molar-refractivity contribution in [1.29, 1.82) is 0 Å². The van der Waals surface area contributed by atoms with Crippen LogP contribution in [0.3, 0.4) is 0 Å². The van der Waals surface area contributed by atoms with Crippen molar-refractivity contribution in [1.82, 2.24) is 3.38 Å². The SMILES string of the molecule is C[N](C)[Ti]([CH3])([CH3])([CH3])([CH3])([CH3])([CH3])[C]1=CC=CC1. The summed E-state index contributed by atoms with van der Waals surface area (Å²) in [5.74, 6) is 0. The van der Waals surface area contributed by atoms with Gasteiger partial charge in [0.15, 0.2) is 0 Å². The van der Waals surface area contributed by atoms with E-state index in [-0.39, 0.29) is 0 Å². The predicted octanol–water partition coefficient (Wildman–Crippen LogP) is 4.89. The van der Waals surface area contributed by atoms with Crippen molar-refractivity contribution in [2.45, 2.75) is 37.8 Å². The van der Waals surface area contributed by atoms with Gasteiger partial charge in [-0.2, -0.15) is 0 Å². The molecule has 0 amide bonds. The van der Waals surface area contributed by atoms with E-state index in [1.807, 2.05) is 0 Å². The van der Waals surface area contributed by atoms with Gasteiger partial charge in [0.2, 0.25) is 0 Å². The minimum absolute atomic E-state index is 1.10. The van der Waals surface area contributed by atoms with E-state index in [0.717, 1.165) is 6.42 Å². The first-order valence-corrected chi connectivity index (χ1v) is 16.9. The molecule has 15 heavy (non-hydrogen) atoms. The predicted molar refractivity (Wildman–Crippen MR) is 70.7 cm³/mol. The first-order valence-electron chi connectivity index (χ1n) is 6.09. The number of nitrogens with zero attached hydrogens (tertiary/aromatic N) is 1. The van der Waals surface area contributed by atoms with Gasteiger partial charge >= 0.3 is 89.1 Å². The Morgan fingerprint density at radius 2 is 1.47 bits per heavy atom. The third-order valence-electron chi connectivity index (χ3n) is 5.75. The molecule has 1 aliphatic carbocycles. The van der Waals surface area contributed by atoms with Crippen LogP contribution in [0.1, 0.15) is 6.42 Å². The summed E-state index contributed by atoms with van der Waals surface area (Å²) in [6.07, 6.45) is 7.91. The molecule has 0 saturated carbocycles. The molecule has 0 aromatic heterocycles. The fourth-order valence-electron chi connectivity index (χ4n) is 1.93. The van der Waals surface area contributed by atoms with Crippen LogP contribution in [0.2, 0.25) is 31.4 Å². The molecular weight excluding hydrogens is 218 g/mol. The molecule has 1 nitrogen and oxygen atoms in total. The zero-order valence-corrected chi connectivity index (χ0v) is 13.4. The van der Waals surface area contributed by atoms with E-state index in [0.29, 0.717) is 0 Å². The summed E-state index contributed by atoms with van der Waals surface area (Å²) in [6, 6.07) is 0. The first-order chi connectivity index (χ1) is 6.00. The summed E-state index contributed by atoms with van der Waals surface area (Å²) >= 11 is -4.11. The number of allylic oxidation sites excluding steroid dienone is 4. The van der Waals surface area contributed by atoms with Crippen LogP contribution in [0.4, 0.5) is 0 Å². The first kappa shape index (κ1) is 13.2. The molecule has 0 N–H and O–H groups in total. The Kier molecular flexibility index (Phi) is 1.48. The van der Waals surface area contributed by atoms with Crippen molar-refractivity contribution >= 4 is 0 Å². The summed E-state index contributed by atoms with van der Waals surface area (Å²) in [6.45, 7) is 0. The van der Waals surface area contributed by atoms with Gasteiger partial charge < -0.3 is 0 Å². The van der Waals surface area contributed by atoms with Crippen molar-refractivity contribution in [3.63, 3.8) is 0 Å². The second-order valence-electron chi connectivity index (χ2n) is 12.7. The zero-order valence-electron chi connectivity index (χ0n) is 11.9. The van der Waals surface area contributed by atoms with Crippen LogP contribution < -0.4 is 0 Å². The average Bonchev–Trinajstić information content (AvgIpc) is 2.31. The van der Waals surface area contributed by atoms with Gasteiger partial charge in [-0.1, -0.05) is 0 Å². The van der Waals surface area contributed by atoms with E-state index in [1.165, 1.54) is 0 Å². The van der Waals surface area contributed by atoms with Gasteiger partial charge in [0.25, 0.3) is 0 Å². The molecule has 0 heterocycles. The van der Waals surface area contributed by atoms with Gasteiger partial charge in [-0.05, 0) is 0 Å². The number of rotatable bonds is 2. The minimum atomic E-state index is -4.11. The second kappa shape index (κ2) is 1.68. The van der Waals surface area contributed by atoms with E-state index in [2.05, 4.69) is 67.1 Å². The van der Waals surface area contributed by atoms with E-state index in [1.54, 1.807) is 3.88 Å². The second-order valence-corrected chi connectivity index (χ2v) is 47.7. The summed E-state index contributed by atoms with van der Waals surface area (Å²) in [7, 11) is 4.47. The molecule has 0 spiro atoms. The zero-order chi connectivity index (χ0) is 12.3. The van der Waals surface area contributed by atoms with Crippen molar-refractivity contribution in [2.24, 2.45) is 0 Å². The molecule has 2 heteroatoms. The van der Waals surface area contributed by atoms with Crippen LogP contribution in [-0.2, 0) is 11.7 Å². The molecule has 0 bridgehead atoms. The molecular formula is C13H29NTi. The van der Waals surface area contributed by atoms with Gasteiger partial charge in [-0.25, -0.2) is 0 Å². The van der Waals surface area contributed by atoms with Gasteiger partial charge in [0, 0.05) is 0 Å². The maximum atomic E-state index is 2.51. The van der Waals surface area contributed by atoms with Crippen molar-refractivity contribution in [2.75, 3.05) is 14.1 Å². The summed E-state index contributed by atoms with van der Waals surface area (Å²) < 4.78 is 4.11. The standard InChI is InChI=1S/C5H5.C2H6N.6CH3.Ti/c1-2-4-5-3-1;1-3-2;;;;;;;/h1-3H,4H2;1-2H3;6*1H3;/q;-1;;;;;;;+1. The molecule has 0 atom stereocenters. The topological polar surface area (TPSA) is 3.24 Å². The van der Waals surface area contributed by atoms with Gasteiger partial charge in [-0.15, -0.1) is 0 Å². The molecule has 0 aliphatic heterocycles. The van der Waals surface area contributed by atoms with Crippen LogP contribution in [0.5, 0.6) is 0 Å². The fraction of sp³-hybridized carbons (Fsp3) is 0.692. The normalized spacial score (nSPS) is 27.7. The quantitative estimate of drug-likeness (QED) is 0.628. The van der Waals surface area contributed by atoms with E-state index >= 15 is 0 Å². The Morgan fingerprint density at radius 1 is 1.00 bits per heavy atom. The summed E-state index contributed by atoms with van der Waals surface area (Å²) in [4.78, 5) is 0. The average molecular weight is 247 g/mol. The third kappa shape index (κ3) is 1.69. The van der Waals surface area contributed by atoms with Crippen molar-refractivity contribution in [3.05, 3.63) is 22.1 Å². The Labute approximate surface area is 89.0 Å². The molecule has 0 aromatic carbocycles. The molecule has 90 valence electrons. The van der Waals surface area contributed by atoms with E-state index in [4.69, 9.17) is 0 Å². The van der Waals surface area contributed by atoms with Gasteiger partial charge in [0.05, 0.1) is 0 Å². The molecule has 1 aliphatic rings. The number of hydrogen-bond acceptors (Lipinski definition) is 1. The van der Waals surface area contributed by atoms with Crippen LogP contribution in [0, 0.1) is 0 Å². The van der Waals surface area contributed by atoms with Gasteiger partial charge in [0.1, 0.15) is 0 Å². The van der Waals surface area contributed by atoms with Crippen molar-refractivity contribution in [3.8, 4) is 0 Å². The molecule has 0 saturated heterocycles. The molecule has 0 unspecified atom stereocenters. The van der Waals surface area contributed by atoms with Crippen LogP contribution in [0.25, 0.3) is 0 Å². The van der Waals surface area contributed by atoms with Gasteiger partial charge in [-0.3, -0.25) is 0 Å². The summed E-state index contributed by atoms with van der Waals surface area (Å²) in [5, 5.41) is 15.0. The Morgan fingerprint density at radius 3 is 1.73 bits per heavy atom. The molecule has 0 radical (unpaired) electrons. The summed E-state index contributed by atoms with van der Waals surface area (Å²) in [5.41, 5.74) is 0. The molecule has 0 fully saturated rings. The van der Waals surface area contributed by atoms with Crippen LogP contribution in [-0.4, -0.2) is 17.5 Å². The molecule has 0 aromatic rings. The Balaban J connectivity index is 3.80. The fourth-order valence-corrected chi connectivity index (χ4v) is 6.89. The van der Waals surface area contributed by atoms with Crippen LogP contribution >= 0.6 is 0 Å². The van der Waals surface area contributed by atoms with E-state index in [9.17, 15) is 0 Å².